The minimum Gasteiger partial charge on any atom is -0.499 e. The largest absolute Gasteiger partial charge is 0.499 e. The Balaban J connectivity index is 1.92. The van der Waals surface area contributed by atoms with E-state index in [0.29, 0.717) is 54.6 Å². The molecule has 3 rings (SSSR count). The number of rotatable bonds is 8. The molecule has 1 N–H and O–H groups in total. The number of carbonyl (C=O) groups is 2. The lowest BCUT2D eigenvalue weighted by Gasteiger charge is -2.28. The summed E-state index contributed by atoms with van der Waals surface area (Å²) in [5.74, 6) is 6.27. The molecule has 200 valence electrons. The topological polar surface area (TPSA) is 80.9 Å². The third-order valence-electron chi connectivity index (χ3n) is 6.45. The van der Waals surface area contributed by atoms with Gasteiger partial charge in [0.1, 0.15) is 18.1 Å². The van der Waals surface area contributed by atoms with Gasteiger partial charge in [-0.2, -0.15) is 0 Å². The van der Waals surface area contributed by atoms with E-state index in [4.69, 9.17) is 14.2 Å². The Hall–Kier alpha value is -4.02. The third kappa shape index (κ3) is 6.64. The molecule has 0 radical (unpaired) electrons. The third-order valence-corrected chi connectivity index (χ3v) is 6.45. The molecule has 2 aromatic rings. The highest BCUT2D eigenvalue weighted by Crippen LogP contribution is 2.26. The molecule has 1 aromatic carbocycles. The normalized spacial score (nSPS) is 15.0. The van der Waals surface area contributed by atoms with Gasteiger partial charge in [0.15, 0.2) is 0 Å². The Bertz CT molecular complexity index is 1380. The number of amides is 1. The molecule has 1 fully saturated rings. The lowest BCUT2D eigenvalue weighted by molar-refractivity contribution is -0.126. The van der Waals surface area contributed by atoms with Gasteiger partial charge < -0.3 is 24.1 Å². The van der Waals surface area contributed by atoms with Gasteiger partial charge in [0.05, 0.1) is 30.4 Å². The van der Waals surface area contributed by atoms with E-state index in [9.17, 15) is 9.59 Å². The summed E-state index contributed by atoms with van der Waals surface area (Å²) in [5.41, 5.74) is 3.44. The van der Waals surface area contributed by atoms with Gasteiger partial charge in [-0.3, -0.25) is 9.59 Å². The van der Waals surface area contributed by atoms with Crippen molar-refractivity contribution >= 4 is 28.8 Å². The van der Waals surface area contributed by atoms with Crippen molar-refractivity contribution in [3.05, 3.63) is 75.9 Å². The number of ether oxygens (including phenoxy) is 3. The van der Waals surface area contributed by atoms with Crippen LogP contribution in [-0.4, -0.2) is 62.6 Å². The van der Waals surface area contributed by atoms with Crippen LogP contribution in [0.5, 0.6) is 0 Å². The lowest BCUT2D eigenvalue weighted by Crippen LogP contribution is -2.43. The van der Waals surface area contributed by atoms with Crippen molar-refractivity contribution in [2.45, 2.75) is 33.1 Å². The van der Waals surface area contributed by atoms with Crippen molar-refractivity contribution in [3.63, 3.8) is 0 Å². The molecule has 1 amide bonds. The van der Waals surface area contributed by atoms with Crippen molar-refractivity contribution in [1.29, 1.82) is 0 Å². The molecule has 1 saturated heterocycles. The molecule has 38 heavy (non-hydrogen) atoms. The number of aromatic amines is 1. The van der Waals surface area contributed by atoms with Crippen LogP contribution >= 0.6 is 0 Å². The molecule has 0 bridgehead atoms. The number of aromatic nitrogens is 1. The van der Waals surface area contributed by atoms with Crippen LogP contribution in [0, 0.1) is 11.8 Å². The van der Waals surface area contributed by atoms with E-state index in [1.54, 1.807) is 39.3 Å². The minimum atomic E-state index is -0.582. The van der Waals surface area contributed by atoms with Gasteiger partial charge in [-0.05, 0) is 37.8 Å². The summed E-state index contributed by atoms with van der Waals surface area (Å²) in [7, 11) is 4.72. The number of nitrogens with zero attached hydrogens (tertiary/aromatic N) is 1. The van der Waals surface area contributed by atoms with Crippen LogP contribution in [0.25, 0.3) is 17.1 Å². The Morgan fingerprint density at radius 1 is 1.08 bits per heavy atom. The molecule has 0 unspecified atom stereocenters. The number of allylic oxidation sites excluding steroid dienone is 2. The molecule has 7 nitrogen and oxygen atoms in total. The zero-order chi connectivity index (χ0) is 27.5. The predicted molar refractivity (Wildman–Crippen MR) is 149 cm³/mol. The Labute approximate surface area is 224 Å². The van der Waals surface area contributed by atoms with Crippen LogP contribution in [0.4, 0.5) is 0 Å². The first-order valence-electron chi connectivity index (χ1n) is 12.7. The Kier molecular flexibility index (Phi) is 10.6. The number of hydrogen-bond donors (Lipinski definition) is 1. The number of Topliss-reactive ketones (excluding diaryl/α,β-unsaturated/α-hetero) is 1. The van der Waals surface area contributed by atoms with Gasteiger partial charge in [-0.25, -0.2) is 0 Å². The van der Waals surface area contributed by atoms with Crippen LogP contribution in [0.15, 0.2) is 54.3 Å². The fraction of sp³-hybridized carbons (Fsp3) is 0.355. The summed E-state index contributed by atoms with van der Waals surface area (Å²) in [6.07, 6.45) is 7.38. The molecule has 7 heteroatoms. The van der Waals surface area contributed by atoms with Crippen molar-refractivity contribution in [2.24, 2.45) is 0 Å². The fourth-order valence-corrected chi connectivity index (χ4v) is 4.37. The van der Waals surface area contributed by atoms with E-state index in [2.05, 4.69) is 16.8 Å². The van der Waals surface area contributed by atoms with E-state index >= 15 is 0 Å². The number of H-pyrrole nitrogens is 1. The van der Waals surface area contributed by atoms with Gasteiger partial charge in [0, 0.05) is 32.0 Å². The molecule has 0 aliphatic carbocycles. The van der Waals surface area contributed by atoms with Gasteiger partial charge in [-0.15, -0.1) is 0 Å². The SMILES string of the molecule is CC/C=C/C(OC)=c1/c(C(=O)C(=O)N2CCC(=C(C#CCOC)c3ccccc3)CC2)c[nH]/c1=C(/C)OC. The first-order valence-corrected chi connectivity index (χ1v) is 12.7. The average molecular weight is 517 g/mol. The number of methoxy groups -OCH3 is 3. The van der Waals surface area contributed by atoms with Crippen LogP contribution in [0.2, 0.25) is 0 Å². The monoisotopic (exact) mass is 516 g/mol. The number of ketones is 1. The second-order valence-corrected chi connectivity index (χ2v) is 8.79. The van der Waals surface area contributed by atoms with Crippen LogP contribution in [-0.2, 0) is 19.0 Å². The fourth-order valence-electron chi connectivity index (χ4n) is 4.37. The number of likely N-dealkylation sites (tertiary alicyclic amines) is 1. The summed E-state index contributed by atoms with van der Waals surface area (Å²) in [6, 6.07) is 10.0. The number of benzene rings is 1. The van der Waals surface area contributed by atoms with Crippen LogP contribution in [0.3, 0.4) is 0 Å². The average Bonchev–Trinajstić information content (AvgIpc) is 3.40. The first-order chi connectivity index (χ1) is 18.5. The maximum Gasteiger partial charge on any atom is 0.295 e. The molecule has 1 aliphatic heterocycles. The summed E-state index contributed by atoms with van der Waals surface area (Å²) in [6.45, 7) is 5.02. The Morgan fingerprint density at radius 2 is 1.79 bits per heavy atom. The first kappa shape index (κ1) is 28.5. The lowest BCUT2D eigenvalue weighted by atomic mass is 9.93. The number of piperidine rings is 1. The van der Waals surface area contributed by atoms with Crippen LogP contribution in [0.1, 0.15) is 49.0 Å². The maximum atomic E-state index is 13.5. The van der Waals surface area contributed by atoms with E-state index in [1.807, 2.05) is 49.4 Å². The van der Waals surface area contributed by atoms with E-state index in [0.717, 1.165) is 17.6 Å². The highest BCUT2D eigenvalue weighted by Gasteiger charge is 2.29. The van der Waals surface area contributed by atoms with Crippen molar-refractivity contribution in [1.82, 2.24) is 9.88 Å². The summed E-state index contributed by atoms with van der Waals surface area (Å²) < 4.78 is 16.1. The molecule has 0 atom stereocenters. The van der Waals surface area contributed by atoms with Gasteiger partial charge in [0.2, 0.25) is 0 Å². The van der Waals surface area contributed by atoms with E-state index in [1.165, 1.54) is 5.57 Å². The van der Waals surface area contributed by atoms with Crippen molar-refractivity contribution in [2.75, 3.05) is 41.0 Å². The molecule has 1 aliphatic rings. The zero-order valence-corrected chi connectivity index (χ0v) is 22.8. The highest BCUT2D eigenvalue weighted by molar-refractivity contribution is 6.42. The standard InChI is InChI=1S/C31H36N2O5/c1-6-7-15-27(38-5)28-26(21-32-29(28)22(2)37-4)30(34)31(35)33-18-16-24(17-19-33)25(14-11-20-36-3)23-12-9-8-10-13-23/h7-10,12-13,15,21,32H,6,16-20H2,1-5H3/b15-7+,28-27+,29-22-. The molecule has 0 spiro atoms. The number of carbonyl (C=O) groups excluding carboxylic acids is 2. The van der Waals surface area contributed by atoms with Gasteiger partial charge >= 0.3 is 0 Å². The molecule has 2 heterocycles. The zero-order valence-electron chi connectivity index (χ0n) is 22.8. The van der Waals surface area contributed by atoms with Crippen LogP contribution < -0.4 is 10.6 Å². The Morgan fingerprint density at radius 3 is 2.39 bits per heavy atom. The number of hydrogen-bond acceptors (Lipinski definition) is 5. The highest BCUT2D eigenvalue weighted by atomic mass is 16.5. The van der Waals surface area contributed by atoms with Gasteiger partial charge in [-0.1, -0.05) is 60.7 Å². The molecule has 1 aromatic heterocycles. The number of nitrogens with one attached hydrogen (secondary N) is 1. The van der Waals surface area contributed by atoms with Crippen molar-refractivity contribution in [3.8, 4) is 11.8 Å². The second kappa shape index (κ2) is 14.1. The van der Waals surface area contributed by atoms with Gasteiger partial charge in [0.25, 0.3) is 11.7 Å². The summed E-state index contributed by atoms with van der Waals surface area (Å²) in [4.78, 5) is 31.6. The predicted octanol–water partition coefficient (Wildman–Crippen LogP) is 3.42. The summed E-state index contributed by atoms with van der Waals surface area (Å²) in [5, 5.41) is 1.12. The van der Waals surface area contributed by atoms with Crippen molar-refractivity contribution < 1.29 is 23.8 Å². The summed E-state index contributed by atoms with van der Waals surface area (Å²) >= 11 is 0. The second-order valence-electron chi connectivity index (χ2n) is 8.79. The quantitative estimate of drug-likeness (QED) is 0.330. The maximum absolute atomic E-state index is 13.5. The smallest absolute Gasteiger partial charge is 0.295 e. The molecular weight excluding hydrogens is 480 g/mol. The molecule has 0 saturated carbocycles. The van der Waals surface area contributed by atoms with E-state index in [-0.39, 0.29) is 5.56 Å². The minimum absolute atomic E-state index is 0.260. The molecular formula is C31H36N2O5. The van der Waals surface area contributed by atoms with E-state index < -0.39 is 11.7 Å².